The predicted octanol–water partition coefficient (Wildman–Crippen LogP) is 4.08. The van der Waals surface area contributed by atoms with E-state index in [0.29, 0.717) is 13.1 Å². The summed E-state index contributed by atoms with van der Waals surface area (Å²) in [5, 5.41) is 5.33. The number of carbonyl (C=O) groups is 6. The van der Waals surface area contributed by atoms with Crippen molar-refractivity contribution < 1.29 is 38.2 Å². The van der Waals surface area contributed by atoms with E-state index in [4.69, 9.17) is 9.47 Å². The highest BCUT2D eigenvalue weighted by atomic mass is 16.6. The van der Waals surface area contributed by atoms with E-state index in [9.17, 15) is 28.8 Å². The Labute approximate surface area is 313 Å². The van der Waals surface area contributed by atoms with E-state index >= 15 is 0 Å². The summed E-state index contributed by atoms with van der Waals surface area (Å²) in [6.07, 6.45) is 1.59. The normalized spacial score (nSPS) is 15.3. The molecule has 13 heteroatoms. The van der Waals surface area contributed by atoms with E-state index in [1.807, 2.05) is 60.7 Å². The van der Waals surface area contributed by atoms with Gasteiger partial charge in [-0.05, 0) is 64.0 Å². The summed E-state index contributed by atoms with van der Waals surface area (Å²) in [4.78, 5) is 85.8. The minimum Gasteiger partial charge on any atom is -0.461 e. The number of ether oxygens (including phenoxy) is 2. The molecule has 1 aliphatic rings. The maximum Gasteiger partial charge on any atom is 0.408 e. The third-order valence-corrected chi connectivity index (χ3v) is 9.04. The fourth-order valence-corrected chi connectivity index (χ4v) is 6.29. The second kappa shape index (κ2) is 19.8. The van der Waals surface area contributed by atoms with Gasteiger partial charge in [-0.25, -0.2) is 4.79 Å². The van der Waals surface area contributed by atoms with Crippen LogP contribution in [-0.2, 0) is 46.5 Å². The number of esters is 1. The van der Waals surface area contributed by atoms with E-state index in [2.05, 4.69) is 10.6 Å². The van der Waals surface area contributed by atoms with Crippen molar-refractivity contribution in [2.75, 3.05) is 27.2 Å². The molecule has 2 N–H and O–H groups in total. The molecular formula is C40H57N5O8. The number of nitrogens with one attached hydrogen (secondary N) is 2. The van der Waals surface area contributed by atoms with Gasteiger partial charge in [0.15, 0.2) is 0 Å². The topological polar surface area (TPSA) is 155 Å². The summed E-state index contributed by atoms with van der Waals surface area (Å²) >= 11 is 0. The molecule has 0 saturated carbocycles. The Morgan fingerprint density at radius 3 is 1.89 bits per heavy atom. The molecule has 3 rings (SSSR count). The number of amides is 5. The molecule has 3 unspecified atom stereocenters. The van der Waals surface area contributed by atoms with Crippen LogP contribution in [0.2, 0.25) is 0 Å². The molecule has 290 valence electrons. The summed E-state index contributed by atoms with van der Waals surface area (Å²) in [5.41, 5.74) is 0.783. The molecule has 0 radical (unpaired) electrons. The van der Waals surface area contributed by atoms with Crippen LogP contribution < -0.4 is 10.6 Å². The highest BCUT2D eigenvalue weighted by Gasteiger charge is 2.39. The average molecular weight is 736 g/mol. The molecule has 0 aliphatic carbocycles. The molecule has 4 atom stereocenters. The van der Waals surface area contributed by atoms with Crippen molar-refractivity contribution in [3.05, 3.63) is 71.8 Å². The SMILES string of the molecule is CC(C)C(C(=O)NC(CC(=O)OCc1ccccc1)C(=O)N1CCCCC1)N(C)C(=O)C(Cc1ccccc1)N(C)C(=O)[C@H](C)NC(=O)OC(C)(C)C. The number of benzene rings is 2. The van der Waals surface area contributed by atoms with Crippen molar-refractivity contribution in [1.82, 2.24) is 25.3 Å². The van der Waals surface area contributed by atoms with Gasteiger partial charge >= 0.3 is 12.1 Å². The number of nitrogens with zero attached hydrogens (tertiary/aromatic N) is 3. The van der Waals surface area contributed by atoms with Crippen LogP contribution in [0, 0.1) is 5.92 Å². The molecule has 1 aliphatic heterocycles. The number of carbonyl (C=O) groups excluding carboxylic acids is 6. The highest BCUT2D eigenvalue weighted by molar-refractivity contribution is 5.96. The maximum absolute atomic E-state index is 14.4. The zero-order chi connectivity index (χ0) is 39.3. The Bertz CT molecular complexity index is 1540. The first-order valence-electron chi connectivity index (χ1n) is 18.3. The lowest BCUT2D eigenvalue weighted by atomic mass is 9.97. The predicted molar refractivity (Wildman–Crippen MR) is 200 cm³/mol. The first-order chi connectivity index (χ1) is 25.0. The van der Waals surface area contributed by atoms with Crippen LogP contribution in [0.5, 0.6) is 0 Å². The van der Waals surface area contributed by atoms with Gasteiger partial charge in [0.1, 0.15) is 36.4 Å². The van der Waals surface area contributed by atoms with Crippen LogP contribution in [0.3, 0.4) is 0 Å². The Morgan fingerprint density at radius 2 is 1.34 bits per heavy atom. The molecule has 0 bridgehead atoms. The van der Waals surface area contributed by atoms with Gasteiger partial charge in [-0.1, -0.05) is 74.5 Å². The van der Waals surface area contributed by atoms with Gasteiger partial charge in [-0.2, -0.15) is 0 Å². The molecule has 1 fully saturated rings. The smallest absolute Gasteiger partial charge is 0.408 e. The molecular weight excluding hydrogens is 678 g/mol. The Hall–Kier alpha value is -4.94. The molecule has 0 aromatic heterocycles. The number of hydrogen-bond donors (Lipinski definition) is 2. The van der Waals surface area contributed by atoms with Gasteiger partial charge in [0.25, 0.3) is 0 Å². The lowest BCUT2D eigenvalue weighted by molar-refractivity contribution is -0.151. The molecule has 5 amide bonds. The number of likely N-dealkylation sites (N-methyl/N-ethyl adjacent to an activating group) is 2. The Balaban J connectivity index is 1.85. The van der Waals surface area contributed by atoms with E-state index < -0.39 is 65.5 Å². The van der Waals surface area contributed by atoms with Gasteiger partial charge < -0.3 is 34.8 Å². The van der Waals surface area contributed by atoms with E-state index in [0.717, 1.165) is 30.4 Å². The van der Waals surface area contributed by atoms with Crippen molar-refractivity contribution in [3.8, 4) is 0 Å². The molecule has 2 aromatic carbocycles. The third kappa shape index (κ3) is 13.2. The first-order valence-corrected chi connectivity index (χ1v) is 18.3. The maximum atomic E-state index is 14.4. The largest absolute Gasteiger partial charge is 0.461 e. The molecule has 53 heavy (non-hydrogen) atoms. The molecule has 1 saturated heterocycles. The minimum atomic E-state index is -1.21. The lowest BCUT2D eigenvalue weighted by Crippen LogP contribution is -2.60. The fourth-order valence-electron chi connectivity index (χ4n) is 6.29. The van der Waals surface area contributed by atoms with Crippen LogP contribution in [0.4, 0.5) is 4.79 Å². The van der Waals surface area contributed by atoms with Crippen LogP contribution in [0.1, 0.15) is 78.4 Å². The summed E-state index contributed by atoms with van der Waals surface area (Å²) < 4.78 is 10.8. The zero-order valence-electron chi connectivity index (χ0n) is 32.4. The van der Waals surface area contributed by atoms with Crippen molar-refractivity contribution in [2.24, 2.45) is 5.92 Å². The van der Waals surface area contributed by atoms with E-state index in [1.165, 1.54) is 30.8 Å². The first kappa shape index (κ1) is 42.5. The van der Waals surface area contributed by atoms with Crippen LogP contribution in [0.25, 0.3) is 0 Å². The second-order valence-corrected chi connectivity index (χ2v) is 15.0. The lowest BCUT2D eigenvalue weighted by Gasteiger charge is -2.37. The molecule has 13 nitrogen and oxygen atoms in total. The molecule has 1 heterocycles. The zero-order valence-corrected chi connectivity index (χ0v) is 32.4. The second-order valence-electron chi connectivity index (χ2n) is 15.0. The summed E-state index contributed by atoms with van der Waals surface area (Å²) in [6.45, 7) is 11.2. The average Bonchev–Trinajstić information content (AvgIpc) is 3.11. The number of piperidine rings is 1. The van der Waals surface area contributed by atoms with Crippen molar-refractivity contribution in [1.29, 1.82) is 0 Å². The molecule has 0 spiro atoms. The Morgan fingerprint density at radius 1 is 0.774 bits per heavy atom. The molecule has 2 aromatic rings. The summed E-state index contributed by atoms with van der Waals surface area (Å²) in [5.74, 6) is -3.13. The van der Waals surface area contributed by atoms with Crippen molar-refractivity contribution in [2.45, 2.75) is 110 Å². The van der Waals surface area contributed by atoms with Gasteiger partial charge in [0.2, 0.25) is 23.6 Å². The van der Waals surface area contributed by atoms with Gasteiger partial charge in [0.05, 0.1) is 6.42 Å². The van der Waals surface area contributed by atoms with Crippen LogP contribution >= 0.6 is 0 Å². The minimum absolute atomic E-state index is 0.0189. The number of rotatable bonds is 15. The fraction of sp³-hybridized carbons (Fsp3) is 0.550. The van der Waals surface area contributed by atoms with Crippen LogP contribution in [-0.4, -0.2) is 107 Å². The standard InChI is InChI=1S/C40H57N5O8/c1-27(2)34(35(47)42-31(37(49)45-22-16-11-17-23-45)25-33(46)52-26-30-20-14-10-15-21-30)44(8)38(50)32(24-29-18-12-9-13-19-29)43(7)36(48)28(3)41-39(51)53-40(4,5)6/h9-10,12-15,18-21,27-28,31-32,34H,11,16-17,22-26H2,1-8H3,(H,41,51)(H,42,47)/t28-,31?,32?,34?/m0/s1. The van der Waals surface area contributed by atoms with E-state index in [-0.39, 0.29) is 25.4 Å². The monoisotopic (exact) mass is 735 g/mol. The number of alkyl carbamates (subject to hydrolysis) is 1. The Kier molecular flexibility index (Phi) is 15.8. The third-order valence-electron chi connectivity index (χ3n) is 9.04. The number of likely N-dealkylation sites (tertiary alicyclic amines) is 1. The van der Waals surface area contributed by atoms with Crippen molar-refractivity contribution >= 4 is 35.7 Å². The summed E-state index contributed by atoms with van der Waals surface area (Å²) in [7, 11) is 2.97. The van der Waals surface area contributed by atoms with Crippen LogP contribution in [0.15, 0.2) is 60.7 Å². The van der Waals surface area contributed by atoms with Gasteiger partial charge in [-0.15, -0.1) is 0 Å². The summed E-state index contributed by atoms with van der Waals surface area (Å²) in [6, 6.07) is 13.9. The van der Waals surface area contributed by atoms with Gasteiger partial charge in [-0.3, -0.25) is 24.0 Å². The highest BCUT2D eigenvalue weighted by Crippen LogP contribution is 2.19. The van der Waals surface area contributed by atoms with E-state index in [1.54, 1.807) is 39.5 Å². The van der Waals surface area contributed by atoms with Crippen molar-refractivity contribution in [3.63, 3.8) is 0 Å². The quantitative estimate of drug-likeness (QED) is 0.260. The van der Waals surface area contributed by atoms with Gasteiger partial charge in [0, 0.05) is 33.6 Å². The number of hydrogen-bond acceptors (Lipinski definition) is 8.